The lowest BCUT2D eigenvalue weighted by molar-refractivity contribution is 0.0157. The van der Waals surface area contributed by atoms with E-state index in [4.69, 9.17) is 4.74 Å². The van der Waals surface area contributed by atoms with Crippen molar-refractivity contribution >= 4 is 17.3 Å². The van der Waals surface area contributed by atoms with Crippen LogP contribution < -0.4 is 0 Å². The summed E-state index contributed by atoms with van der Waals surface area (Å²) in [5.74, 6) is 0.897. The van der Waals surface area contributed by atoms with Crippen LogP contribution in [0.5, 0.6) is 0 Å². The predicted molar refractivity (Wildman–Crippen MR) is 94.0 cm³/mol. The highest BCUT2D eigenvalue weighted by Crippen LogP contribution is 2.23. The second kappa shape index (κ2) is 7.00. The molecule has 1 atom stereocenters. The van der Waals surface area contributed by atoms with Gasteiger partial charge in [0.1, 0.15) is 23.5 Å². The Bertz CT molecular complexity index is 750. The van der Waals surface area contributed by atoms with Crippen LogP contribution in [0.15, 0.2) is 18.3 Å². The number of amides is 1. The van der Waals surface area contributed by atoms with E-state index in [1.165, 1.54) is 0 Å². The molecule has 1 aliphatic heterocycles. The third kappa shape index (κ3) is 4.10. The van der Waals surface area contributed by atoms with E-state index in [2.05, 4.69) is 9.97 Å². The zero-order valence-electron chi connectivity index (χ0n) is 15.1. The number of hydrogen-bond donors (Lipinski definition) is 1. The number of nitrogens with zero attached hydrogens (tertiary/aromatic N) is 4. The second-order valence-electron chi connectivity index (χ2n) is 7.58. The van der Waals surface area contributed by atoms with Crippen LogP contribution in [0, 0.1) is 5.92 Å². The molecule has 2 aromatic rings. The van der Waals surface area contributed by atoms with Crippen LogP contribution in [0.2, 0.25) is 0 Å². The molecule has 2 aromatic heterocycles. The molecule has 25 heavy (non-hydrogen) atoms. The molecular formula is C18H26N4O3. The van der Waals surface area contributed by atoms with E-state index in [0.29, 0.717) is 18.9 Å². The number of pyridine rings is 1. The van der Waals surface area contributed by atoms with Gasteiger partial charge < -0.3 is 19.3 Å². The van der Waals surface area contributed by atoms with Crippen molar-refractivity contribution in [2.75, 3.05) is 13.1 Å². The zero-order chi connectivity index (χ0) is 18.0. The number of aliphatic hydroxyl groups excluding tert-OH is 1. The molecule has 3 rings (SSSR count). The van der Waals surface area contributed by atoms with Crippen molar-refractivity contribution < 1.29 is 14.6 Å². The van der Waals surface area contributed by atoms with Gasteiger partial charge >= 0.3 is 6.09 Å². The SMILES string of the molecule is CC(C)(C)OC(=O)N1CCCC(Cn2c(CO)nc3cccnc32)C1. The Morgan fingerprint density at radius 3 is 2.96 bits per heavy atom. The van der Waals surface area contributed by atoms with Crippen molar-refractivity contribution in [3.05, 3.63) is 24.2 Å². The maximum absolute atomic E-state index is 12.3. The summed E-state index contributed by atoms with van der Waals surface area (Å²) in [5, 5.41) is 9.62. The van der Waals surface area contributed by atoms with Gasteiger partial charge in [0.2, 0.25) is 0 Å². The van der Waals surface area contributed by atoms with Crippen LogP contribution in [0.25, 0.3) is 11.2 Å². The van der Waals surface area contributed by atoms with Gasteiger partial charge in [-0.05, 0) is 51.7 Å². The summed E-state index contributed by atoms with van der Waals surface area (Å²) in [4.78, 5) is 23.0. The Morgan fingerprint density at radius 1 is 1.44 bits per heavy atom. The number of carbonyl (C=O) groups is 1. The van der Waals surface area contributed by atoms with Crippen molar-refractivity contribution in [2.24, 2.45) is 5.92 Å². The van der Waals surface area contributed by atoms with Gasteiger partial charge in [-0.15, -0.1) is 0 Å². The van der Waals surface area contributed by atoms with Crippen LogP contribution in [0.4, 0.5) is 4.79 Å². The van der Waals surface area contributed by atoms with Gasteiger partial charge in [0.25, 0.3) is 0 Å². The minimum absolute atomic E-state index is 0.126. The molecule has 1 fully saturated rings. The second-order valence-corrected chi connectivity index (χ2v) is 7.58. The molecule has 7 heteroatoms. The number of likely N-dealkylation sites (tertiary alicyclic amines) is 1. The van der Waals surface area contributed by atoms with Gasteiger partial charge in [-0.3, -0.25) is 0 Å². The highest BCUT2D eigenvalue weighted by Gasteiger charge is 2.28. The Hall–Kier alpha value is -2.15. The van der Waals surface area contributed by atoms with E-state index in [0.717, 1.165) is 30.6 Å². The molecule has 1 amide bonds. The van der Waals surface area contributed by atoms with Crippen LogP contribution in [-0.2, 0) is 17.9 Å². The maximum Gasteiger partial charge on any atom is 0.410 e. The smallest absolute Gasteiger partial charge is 0.410 e. The number of aliphatic hydroxyl groups is 1. The first-order chi connectivity index (χ1) is 11.9. The molecular weight excluding hydrogens is 320 g/mol. The molecule has 136 valence electrons. The molecule has 3 heterocycles. The van der Waals surface area contributed by atoms with E-state index < -0.39 is 5.60 Å². The molecule has 0 saturated carbocycles. The molecule has 0 aromatic carbocycles. The molecule has 1 unspecified atom stereocenters. The minimum Gasteiger partial charge on any atom is -0.444 e. The number of aromatic nitrogens is 3. The summed E-state index contributed by atoms with van der Waals surface area (Å²) < 4.78 is 7.46. The summed E-state index contributed by atoms with van der Waals surface area (Å²) >= 11 is 0. The Kier molecular flexibility index (Phi) is 4.94. The quantitative estimate of drug-likeness (QED) is 0.924. The highest BCUT2D eigenvalue weighted by molar-refractivity contribution is 5.71. The number of carbonyl (C=O) groups excluding carboxylic acids is 1. The third-order valence-corrected chi connectivity index (χ3v) is 4.34. The molecule has 0 aliphatic carbocycles. The summed E-state index contributed by atoms with van der Waals surface area (Å²) in [5.41, 5.74) is 1.07. The Morgan fingerprint density at radius 2 is 2.24 bits per heavy atom. The van der Waals surface area contributed by atoms with E-state index in [1.807, 2.05) is 37.5 Å². The van der Waals surface area contributed by atoms with Crippen LogP contribution in [0.3, 0.4) is 0 Å². The molecule has 0 radical (unpaired) electrons. The number of fused-ring (bicyclic) bond motifs is 1. The van der Waals surface area contributed by atoms with E-state index in [-0.39, 0.29) is 18.6 Å². The zero-order valence-corrected chi connectivity index (χ0v) is 15.1. The van der Waals surface area contributed by atoms with Crippen molar-refractivity contribution in [3.63, 3.8) is 0 Å². The first-order valence-corrected chi connectivity index (χ1v) is 8.76. The minimum atomic E-state index is -0.488. The first kappa shape index (κ1) is 17.7. The number of imidazole rings is 1. The first-order valence-electron chi connectivity index (χ1n) is 8.76. The fraction of sp³-hybridized carbons (Fsp3) is 0.611. The Labute approximate surface area is 147 Å². The third-order valence-electron chi connectivity index (χ3n) is 4.34. The van der Waals surface area contributed by atoms with Gasteiger partial charge in [-0.1, -0.05) is 0 Å². The number of ether oxygens (including phenoxy) is 1. The van der Waals surface area contributed by atoms with Gasteiger partial charge in [-0.2, -0.15) is 0 Å². The van der Waals surface area contributed by atoms with Crippen LogP contribution >= 0.6 is 0 Å². The summed E-state index contributed by atoms with van der Waals surface area (Å²) in [7, 11) is 0. The van der Waals surface area contributed by atoms with Crippen LogP contribution in [-0.4, -0.2) is 49.3 Å². The molecule has 1 aliphatic rings. The monoisotopic (exact) mass is 346 g/mol. The molecule has 1 saturated heterocycles. The number of rotatable bonds is 3. The highest BCUT2D eigenvalue weighted by atomic mass is 16.6. The van der Waals surface area contributed by atoms with Crippen molar-refractivity contribution in [1.82, 2.24) is 19.4 Å². The Balaban J connectivity index is 1.74. The fourth-order valence-corrected chi connectivity index (χ4v) is 3.28. The lowest BCUT2D eigenvalue weighted by atomic mass is 9.98. The van der Waals surface area contributed by atoms with Gasteiger partial charge in [0.05, 0.1) is 0 Å². The van der Waals surface area contributed by atoms with Gasteiger partial charge in [-0.25, -0.2) is 14.8 Å². The maximum atomic E-state index is 12.3. The van der Waals surface area contributed by atoms with E-state index in [1.54, 1.807) is 11.1 Å². The number of piperidine rings is 1. The standard InChI is InChI=1S/C18H26N4O3/c1-18(2,3)25-17(24)21-9-5-6-13(10-21)11-22-15(12-23)20-14-7-4-8-19-16(14)22/h4,7-8,13,23H,5-6,9-12H2,1-3H3. The van der Waals surface area contributed by atoms with Crippen molar-refractivity contribution in [2.45, 2.75) is 52.4 Å². The van der Waals surface area contributed by atoms with E-state index in [9.17, 15) is 9.90 Å². The van der Waals surface area contributed by atoms with E-state index >= 15 is 0 Å². The molecule has 7 nitrogen and oxygen atoms in total. The number of hydrogen-bond acceptors (Lipinski definition) is 5. The lowest BCUT2D eigenvalue weighted by Gasteiger charge is -2.34. The largest absolute Gasteiger partial charge is 0.444 e. The van der Waals surface area contributed by atoms with Crippen molar-refractivity contribution in [1.29, 1.82) is 0 Å². The average molecular weight is 346 g/mol. The summed E-state index contributed by atoms with van der Waals surface area (Å²) in [6.45, 7) is 7.56. The molecule has 0 bridgehead atoms. The fourth-order valence-electron chi connectivity index (χ4n) is 3.28. The van der Waals surface area contributed by atoms with Gasteiger partial charge in [0, 0.05) is 25.8 Å². The summed E-state index contributed by atoms with van der Waals surface area (Å²) in [6, 6.07) is 3.73. The normalized spacial score (nSPS) is 18.6. The molecule has 1 N–H and O–H groups in total. The van der Waals surface area contributed by atoms with Crippen LogP contribution in [0.1, 0.15) is 39.4 Å². The predicted octanol–water partition coefficient (Wildman–Crippen LogP) is 2.57. The lowest BCUT2D eigenvalue weighted by Crippen LogP contribution is -2.43. The summed E-state index contributed by atoms with van der Waals surface area (Å²) in [6.07, 6.45) is 3.44. The molecule has 0 spiro atoms. The van der Waals surface area contributed by atoms with Crippen molar-refractivity contribution in [3.8, 4) is 0 Å². The van der Waals surface area contributed by atoms with Gasteiger partial charge in [0.15, 0.2) is 5.65 Å². The topological polar surface area (TPSA) is 80.5 Å². The average Bonchev–Trinajstić information content (AvgIpc) is 2.91.